The van der Waals surface area contributed by atoms with Crippen molar-refractivity contribution in [3.63, 3.8) is 0 Å². The number of hydrogen-bond acceptors (Lipinski definition) is 16. The summed E-state index contributed by atoms with van der Waals surface area (Å²) in [5.41, 5.74) is 5.60. The monoisotopic (exact) mass is 800 g/mol. The molecule has 0 fully saturated rings. The van der Waals surface area contributed by atoms with E-state index in [-0.39, 0.29) is 30.7 Å². The lowest BCUT2D eigenvalue weighted by Gasteiger charge is -2.18. The third kappa shape index (κ3) is 41.3. The number of carbonyl (C=O) groups is 3. The SMILES string of the molecule is CNCCOCCOCCOCCC(=O)NC(CCCCN)C(=O)NCCOCCOCCOCCOCCOCCOCCOCCOCCC(=O)NC. The Hall–Kier alpha value is -2.11. The van der Waals surface area contributed by atoms with Crippen LogP contribution in [0.2, 0.25) is 0 Å². The van der Waals surface area contributed by atoms with Gasteiger partial charge in [0.15, 0.2) is 0 Å². The van der Waals surface area contributed by atoms with Crippen LogP contribution in [0.15, 0.2) is 0 Å². The van der Waals surface area contributed by atoms with Gasteiger partial charge in [0.1, 0.15) is 6.04 Å². The first kappa shape index (κ1) is 52.9. The fourth-order valence-electron chi connectivity index (χ4n) is 4.21. The van der Waals surface area contributed by atoms with Gasteiger partial charge in [0.05, 0.1) is 145 Å². The average Bonchev–Trinajstić information content (AvgIpc) is 3.19. The maximum absolute atomic E-state index is 12.7. The van der Waals surface area contributed by atoms with Gasteiger partial charge in [-0.2, -0.15) is 0 Å². The third-order valence-corrected chi connectivity index (χ3v) is 7.21. The van der Waals surface area contributed by atoms with E-state index in [4.69, 9.17) is 57.8 Å². The van der Waals surface area contributed by atoms with Gasteiger partial charge in [-0.15, -0.1) is 0 Å². The summed E-state index contributed by atoms with van der Waals surface area (Å²) in [5.74, 6) is -0.560. The lowest BCUT2D eigenvalue weighted by molar-refractivity contribution is -0.130. The van der Waals surface area contributed by atoms with Crippen molar-refractivity contribution >= 4 is 17.7 Å². The van der Waals surface area contributed by atoms with Crippen LogP contribution in [0.3, 0.4) is 0 Å². The number of amides is 3. The van der Waals surface area contributed by atoms with E-state index in [9.17, 15) is 14.4 Å². The Kier molecular flexibility index (Phi) is 42.9. The minimum atomic E-state index is -0.651. The van der Waals surface area contributed by atoms with Crippen LogP contribution in [0.4, 0.5) is 0 Å². The molecule has 0 heterocycles. The number of likely N-dealkylation sites (N-methyl/N-ethyl adjacent to an activating group) is 1. The molecule has 0 aromatic rings. The Morgan fingerprint density at radius 2 is 0.800 bits per heavy atom. The highest BCUT2D eigenvalue weighted by Crippen LogP contribution is 2.02. The maximum atomic E-state index is 12.7. The second-order valence-electron chi connectivity index (χ2n) is 11.7. The van der Waals surface area contributed by atoms with Crippen molar-refractivity contribution in [2.75, 3.05) is 179 Å². The predicted molar refractivity (Wildman–Crippen MR) is 204 cm³/mol. The van der Waals surface area contributed by atoms with Crippen LogP contribution in [0, 0.1) is 0 Å². The van der Waals surface area contributed by atoms with Crippen molar-refractivity contribution < 1.29 is 66.5 Å². The number of carbonyl (C=O) groups excluding carboxylic acids is 3. The van der Waals surface area contributed by atoms with E-state index in [1.807, 2.05) is 7.05 Å². The molecule has 0 aromatic carbocycles. The van der Waals surface area contributed by atoms with Crippen LogP contribution in [0.5, 0.6) is 0 Å². The lowest BCUT2D eigenvalue weighted by Crippen LogP contribution is -2.47. The molecule has 0 aliphatic rings. The Balaban J connectivity index is 3.59. The number of unbranched alkanes of at least 4 members (excludes halogenated alkanes) is 1. The van der Waals surface area contributed by atoms with Crippen LogP contribution in [0.1, 0.15) is 32.1 Å². The molecule has 6 N–H and O–H groups in total. The highest BCUT2D eigenvalue weighted by Gasteiger charge is 2.20. The van der Waals surface area contributed by atoms with Crippen molar-refractivity contribution in [2.24, 2.45) is 5.73 Å². The minimum Gasteiger partial charge on any atom is -0.379 e. The molecule has 0 radical (unpaired) electrons. The van der Waals surface area contributed by atoms with Crippen molar-refractivity contribution in [2.45, 2.75) is 38.1 Å². The fraction of sp³-hybridized carbons (Fsp3) is 0.917. The Morgan fingerprint density at radius 3 is 1.16 bits per heavy atom. The van der Waals surface area contributed by atoms with Gasteiger partial charge in [-0.05, 0) is 32.9 Å². The van der Waals surface area contributed by atoms with E-state index in [0.717, 1.165) is 19.4 Å². The van der Waals surface area contributed by atoms with Crippen molar-refractivity contribution in [1.82, 2.24) is 21.3 Å². The largest absolute Gasteiger partial charge is 0.379 e. The van der Waals surface area contributed by atoms with Gasteiger partial charge in [0.25, 0.3) is 0 Å². The summed E-state index contributed by atoms with van der Waals surface area (Å²) in [6.45, 7) is 11.2. The molecule has 3 amide bonds. The molecule has 0 saturated heterocycles. The second-order valence-corrected chi connectivity index (χ2v) is 11.7. The summed E-state index contributed by atoms with van der Waals surface area (Å²) in [5, 5.41) is 11.2. The van der Waals surface area contributed by atoms with E-state index in [1.165, 1.54) is 0 Å². The molecule has 55 heavy (non-hydrogen) atoms. The molecule has 0 saturated carbocycles. The van der Waals surface area contributed by atoms with E-state index in [0.29, 0.717) is 165 Å². The van der Waals surface area contributed by atoms with Gasteiger partial charge in [0, 0.05) is 33.0 Å². The van der Waals surface area contributed by atoms with Crippen LogP contribution in [-0.2, 0) is 66.5 Å². The Labute approximate surface area is 328 Å². The zero-order chi connectivity index (χ0) is 40.1. The van der Waals surface area contributed by atoms with Gasteiger partial charge in [-0.3, -0.25) is 14.4 Å². The molecule has 1 atom stereocenters. The van der Waals surface area contributed by atoms with Crippen molar-refractivity contribution in [3.05, 3.63) is 0 Å². The molecule has 0 bridgehead atoms. The molecule has 19 nitrogen and oxygen atoms in total. The smallest absolute Gasteiger partial charge is 0.242 e. The predicted octanol–water partition coefficient (Wildman–Crippen LogP) is -1.36. The average molecular weight is 800 g/mol. The summed E-state index contributed by atoms with van der Waals surface area (Å²) < 4.78 is 59.9. The molecule has 0 rings (SSSR count). The molecule has 326 valence electrons. The van der Waals surface area contributed by atoms with Crippen LogP contribution in [0.25, 0.3) is 0 Å². The van der Waals surface area contributed by atoms with Gasteiger partial charge in [-0.1, -0.05) is 0 Å². The van der Waals surface area contributed by atoms with Gasteiger partial charge in [-0.25, -0.2) is 0 Å². The number of nitrogens with one attached hydrogen (secondary N) is 4. The molecular formula is C36H73N5O14. The third-order valence-electron chi connectivity index (χ3n) is 7.21. The number of rotatable bonds is 45. The van der Waals surface area contributed by atoms with Crippen LogP contribution >= 0.6 is 0 Å². The number of nitrogens with two attached hydrogens (primary N) is 1. The molecular weight excluding hydrogens is 726 g/mol. The Morgan fingerprint density at radius 1 is 0.455 bits per heavy atom. The van der Waals surface area contributed by atoms with Gasteiger partial charge in [0.2, 0.25) is 17.7 Å². The van der Waals surface area contributed by atoms with Gasteiger partial charge < -0.3 is 79.1 Å². The zero-order valence-electron chi connectivity index (χ0n) is 33.6. The highest BCUT2D eigenvalue weighted by atomic mass is 16.6. The van der Waals surface area contributed by atoms with Crippen LogP contribution < -0.4 is 27.0 Å². The summed E-state index contributed by atoms with van der Waals surface area (Å²) in [6.07, 6.45) is 2.47. The van der Waals surface area contributed by atoms with Crippen LogP contribution in [-0.4, -0.2) is 203 Å². The highest BCUT2D eigenvalue weighted by molar-refractivity contribution is 5.87. The van der Waals surface area contributed by atoms with E-state index < -0.39 is 6.04 Å². The molecule has 0 spiro atoms. The molecule has 0 aliphatic heterocycles. The van der Waals surface area contributed by atoms with E-state index >= 15 is 0 Å². The molecule has 0 aliphatic carbocycles. The summed E-state index contributed by atoms with van der Waals surface area (Å²) in [7, 11) is 3.46. The summed E-state index contributed by atoms with van der Waals surface area (Å²) >= 11 is 0. The normalized spacial score (nSPS) is 11.8. The zero-order valence-corrected chi connectivity index (χ0v) is 33.6. The quantitative estimate of drug-likeness (QED) is 0.0449. The first-order chi connectivity index (χ1) is 27.0. The lowest BCUT2D eigenvalue weighted by atomic mass is 10.1. The Bertz CT molecular complexity index is 853. The topological polar surface area (TPSA) is 227 Å². The summed E-state index contributed by atoms with van der Waals surface area (Å²) in [4.78, 5) is 36.2. The fourth-order valence-corrected chi connectivity index (χ4v) is 4.21. The second kappa shape index (κ2) is 44.6. The molecule has 1 unspecified atom stereocenters. The minimum absolute atomic E-state index is 0.0461. The maximum Gasteiger partial charge on any atom is 0.242 e. The first-order valence-electron chi connectivity index (χ1n) is 19.5. The standard InChI is InChI=1S/C36H73N5O14/c1-38-9-13-47-17-21-49-20-16-46-12-7-35(43)41-33(5-3-4-8-37)36(44)40-10-14-48-18-22-51-24-26-53-28-30-55-32-31-54-29-27-52-25-23-50-19-15-45-11-6-34(42)39-2/h33,38H,3-32,37H2,1-2H3,(H,39,42)(H,40,44)(H,41,43). The molecule has 0 aromatic heterocycles. The van der Waals surface area contributed by atoms with Crippen molar-refractivity contribution in [3.8, 4) is 0 Å². The molecule has 19 heteroatoms. The number of hydrogen-bond donors (Lipinski definition) is 5. The van der Waals surface area contributed by atoms with E-state index in [1.54, 1.807) is 7.05 Å². The summed E-state index contributed by atoms with van der Waals surface area (Å²) in [6, 6.07) is -0.651. The van der Waals surface area contributed by atoms with E-state index in [2.05, 4.69) is 21.3 Å². The van der Waals surface area contributed by atoms with Crippen molar-refractivity contribution in [1.29, 1.82) is 0 Å². The number of ether oxygens (including phenoxy) is 11. The van der Waals surface area contributed by atoms with Gasteiger partial charge >= 0.3 is 0 Å². The first-order valence-corrected chi connectivity index (χ1v) is 19.5.